The number of likely N-dealkylation sites (N-methyl/N-ethyl adjacent to an activating group) is 1. The molecule has 5 nitrogen and oxygen atoms in total. The van der Waals surface area contributed by atoms with E-state index in [1.165, 1.54) is 30.5 Å². The molecule has 3 rings (SSSR count). The van der Waals surface area contributed by atoms with Gasteiger partial charge in [-0.25, -0.2) is 4.98 Å². The summed E-state index contributed by atoms with van der Waals surface area (Å²) in [5.41, 5.74) is 3.12. The van der Waals surface area contributed by atoms with Crippen LogP contribution >= 0.6 is 0 Å². The molecule has 0 bridgehead atoms. The van der Waals surface area contributed by atoms with Crippen LogP contribution in [0, 0.1) is 6.92 Å². The van der Waals surface area contributed by atoms with E-state index in [1.807, 2.05) is 12.1 Å². The zero-order chi connectivity index (χ0) is 19.1. The first kappa shape index (κ1) is 19.2. The second-order valence-corrected chi connectivity index (χ2v) is 7.10. The average Bonchev–Trinajstić information content (AvgIpc) is 2.71. The number of carbonyl (C=O) groups excluding carboxylic acids is 1. The van der Waals surface area contributed by atoms with Crippen LogP contribution in [0.25, 0.3) is 0 Å². The van der Waals surface area contributed by atoms with Crippen molar-refractivity contribution >= 4 is 17.4 Å². The first-order chi connectivity index (χ1) is 13.2. The Balaban J connectivity index is 1.61. The van der Waals surface area contributed by atoms with Crippen molar-refractivity contribution in [2.24, 2.45) is 0 Å². The predicted molar refractivity (Wildman–Crippen MR) is 112 cm³/mol. The lowest BCUT2D eigenvalue weighted by atomic mass is 10.1. The fourth-order valence-corrected chi connectivity index (χ4v) is 3.63. The van der Waals surface area contributed by atoms with Crippen molar-refractivity contribution in [2.75, 3.05) is 42.5 Å². The fraction of sp³-hybridized carbons (Fsp3) is 0.455. The monoisotopic (exact) mass is 366 g/mol. The van der Waals surface area contributed by atoms with E-state index in [2.05, 4.69) is 58.2 Å². The minimum Gasteiger partial charge on any atom is -0.370 e. The number of hydrogen-bond acceptors (Lipinski definition) is 4. The minimum absolute atomic E-state index is 0.0380. The molecule has 1 saturated heterocycles. The zero-order valence-electron chi connectivity index (χ0n) is 16.4. The third-order valence-corrected chi connectivity index (χ3v) is 5.10. The predicted octanol–water partition coefficient (Wildman–Crippen LogP) is 3.64. The van der Waals surface area contributed by atoms with Gasteiger partial charge in [-0.15, -0.1) is 0 Å². The highest BCUT2D eigenvalue weighted by Gasteiger charge is 2.19. The summed E-state index contributed by atoms with van der Waals surface area (Å²) in [5, 5.41) is 3.08. The van der Waals surface area contributed by atoms with Gasteiger partial charge in [-0.3, -0.25) is 4.79 Å². The van der Waals surface area contributed by atoms with Gasteiger partial charge in [0.05, 0.1) is 5.56 Å². The van der Waals surface area contributed by atoms with Crippen LogP contribution in [-0.4, -0.2) is 43.6 Å². The van der Waals surface area contributed by atoms with Crippen molar-refractivity contribution in [3.05, 3.63) is 53.7 Å². The lowest BCUT2D eigenvalue weighted by Gasteiger charge is -2.29. The van der Waals surface area contributed by atoms with Crippen LogP contribution in [0.4, 0.5) is 11.5 Å². The number of piperidine rings is 1. The molecule has 2 heterocycles. The van der Waals surface area contributed by atoms with E-state index in [9.17, 15) is 4.79 Å². The number of benzene rings is 1. The zero-order valence-corrected chi connectivity index (χ0v) is 16.4. The summed E-state index contributed by atoms with van der Waals surface area (Å²) in [4.78, 5) is 21.8. The molecule has 5 heteroatoms. The van der Waals surface area contributed by atoms with Crippen molar-refractivity contribution in [3.8, 4) is 0 Å². The Bertz CT molecular complexity index is 755. The van der Waals surface area contributed by atoms with Gasteiger partial charge < -0.3 is 15.1 Å². The Morgan fingerprint density at radius 1 is 1.19 bits per heavy atom. The largest absolute Gasteiger partial charge is 0.370 e. The van der Waals surface area contributed by atoms with Gasteiger partial charge in [0, 0.05) is 44.6 Å². The van der Waals surface area contributed by atoms with Crippen molar-refractivity contribution in [1.29, 1.82) is 0 Å². The third-order valence-electron chi connectivity index (χ3n) is 5.10. The molecule has 1 N–H and O–H groups in total. The molecule has 1 aromatic carbocycles. The molecule has 1 fully saturated rings. The van der Waals surface area contributed by atoms with E-state index in [0.29, 0.717) is 12.1 Å². The molecule has 27 heavy (non-hydrogen) atoms. The average molecular weight is 367 g/mol. The van der Waals surface area contributed by atoms with E-state index in [1.54, 1.807) is 6.20 Å². The standard InChI is InChI=1S/C22H30N4O/c1-3-25(19-10-7-9-18(2)17-19)16-13-24-22(27)20-11-8-12-23-21(20)26-14-5-4-6-15-26/h7-12,17H,3-6,13-16H2,1-2H3,(H,24,27). The van der Waals surface area contributed by atoms with Gasteiger partial charge in [0.15, 0.2) is 0 Å². The second-order valence-electron chi connectivity index (χ2n) is 7.10. The molecule has 1 aliphatic heterocycles. The van der Waals surface area contributed by atoms with Crippen molar-refractivity contribution in [3.63, 3.8) is 0 Å². The molecule has 1 aliphatic rings. The lowest BCUT2D eigenvalue weighted by Crippen LogP contribution is -2.37. The summed E-state index contributed by atoms with van der Waals surface area (Å²) in [7, 11) is 0. The molecule has 0 aliphatic carbocycles. The van der Waals surface area contributed by atoms with Gasteiger partial charge in [0.2, 0.25) is 0 Å². The number of rotatable bonds is 7. The minimum atomic E-state index is -0.0380. The summed E-state index contributed by atoms with van der Waals surface area (Å²) in [5.74, 6) is 0.782. The summed E-state index contributed by atoms with van der Waals surface area (Å²) in [6, 6.07) is 12.2. The number of nitrogens with one attached hydrogen (secondary N) is 1. The molecule has 2 aromatic rings. The van der Waals surface area contributed by atoms with Crippen LogP contribution in [-0.2, 0) is 0 Å². The van der Waals surface area contributed by atoms with E-state index in [-0.39, 0.29) is 5.91 Å². The van der Waals surface area contributed by atoms with Gasteiger partial charge in [0.25, 0.3) is 5.91 Å². The maximum absolute atomic E-state index is 12.8. The van der Waals surface area contributed by atoms with Gasteiger partial charge >= 0.3 is 0 Å². The Labute approximate surface area is 162 Å². The SMILES string of the molecule is CCN(CCNC(=O)c1cccnc1N1CCCCC1)c1cccc(C)c1. The van der Waals surface area contributed by atoms with Gasteiger partial charge in [-0.1, -0.05) is 12.1 Å². The van der Waals surface area contributed by atoms with Crippen molar-refractivity contribution in [2.45, 2.75) is 33.1 Å². The highest BCUT2D eigenvalue weighted by atomic mass is 16.1. The van der Waals surface area contributed by atoms with Crippen LogP contribution < -0.4 is 15.1 Å². The number of hydrogen-bond donors (Lipinski definition) is 1. The van der Waals surface area contributed by atoms with Crippen molar-refractivity contribution < 1.29 is 4.79 Å². The maximum atomic E-state index is 12.8. The topological polar surface area (TPSA) is 48.5 Å². The maximum Gasteiger partial charge on any atom is 0.255 e. The lowest BCUT2D eigenvalue weighted by molar-refractivity contribution is 0.0954. The first-order valence-electron chi connectivity index (χ1n) is 9.99. The number of amides is 1. The number of pyridine rings is 1. The smallest absolute Gasteiger partial charge is 0.255 e. The Morgan fingerprint density at radius 3 is 2.74 bits per heavy atom. The molecule has 0 radical (unpaired) electrons. The molecule has 0 spiro atoms. The third kappa shape index (κ3) is 5.00. The molecule has 0 atom stereocenters. The van der Waals surface area contributed by atoms with Crippen molar-refractivity contribution in [1.82, 2.24) is 10.3 Å². The highest BCUT2D eigenvalue weighted by Crippen LogP contribution is 2.21. The van der Waals surface area contributed by atoms with Gasteiger partial charge in [-0.05, 0) is 62.9 Å². The van der Waals surface area contributed by atoms with Crippen LogP contribution in [0.15, 0.2) is 42.6 Å². The normalized spacial score (nSPS) is 14.1. The molecule has 0 saturated carbocycles. The summed E-state index contributed by atoms with van der Waals surface area (Å²) in [6.07, 6.45) is 5.37. The highest BCUT2D eigenvalue weighted by molar-refractivity contribution is 5.98. The Morgan fingerprint density at radius 2 is 2.00 bits per heavy atom. The molecular weight excluding hydrogens is 336 g/mol. The van der Waals surface area contributed by atoms with Gasteiger partial charge in [-0.2, -0.15) is 0 Å². The molecule has 1 aromatic heterocycles. The molecule has 1 amide bonds. The number of aromatic nitrogens is 1. The second kappa shape index (κ2) is 9.40. The number of carbonyl (C=O) groups is 1. The molecular formula is C22H30N4O. The van der Waals surface area contributed by atoms with Gasteiger partial charge in [0.1, 0.15) is 5.82 Å². The fourth-order valence-electron chi connectivity index (χ4n) is 3.63. The quantitative estimate of drug-likeness (QED) is 0.813. The van der Waals surface area contributed by atoms with Crippen LogP contribution in [0.5, 0.6) is 0 Å². The van der Waals surface area contributed by atoms with E-state index in [4.69, 9.17) is 0 Å². The molecule has 0 unspecified atom stereocenters. The Hall–Kier alpha value is -2.56. The van der Waals surface area contributed by atoms with Crippen LogP contribution in [0.3, 0.4) is 0 Å². The van der Waals surface area contributed by atoms with Crippen LogP contribution in [0.1, 0.15) is 42.1 Å². The Kier molecular flexibility index (Phi) is 6.69. The van der Waals surface area contributed by atoms with E-state index < -0.39 is 0 Å². The number of aryl methyl sites for hydroxylation is 1. The number of nitrogens with zero attached hydrogens (tertiary/aromatic N) is 3. The number of anilines is 2. The summed E-state index contributed by atoms with van der Waals surface area (Å²) in [6.45, 7) is 8.50. The van der Waals surface area contributed by atoms with E-state index in [0.717, 1.165) is 32.0 Å². The summed E-state index contributed by atoms with van der Waals surface area (Å²) < 4.78 is 0. The van der Waals surface area contributed by atoms with E-state index >= 15 is 0 Å². The first-order valence-corrected chi connectivity index (χ1v) is 9.99. The summed E-state index contributed by atoms with van der Waals surface area (Å²) >= 11 is 0. The van der Waals surface area contributed by atoms with Crippen LogP contribution in [0.2, 0.25) is 0 Å². The molecule has 144 valence electrons.